The van der Waals surface area contributed by atoms with Gasteiger partial charge in [0.05, 0.1) is 0 Å². The van der Waals surface area contributed by atoms with Gasteiger partial charge in [0.1, 0.15) is 0 Å². The number of rotatable bonds is 3. The van der Waals surface area contributed by atoms with E-state index in [1.165, 1.54) is 5.56 Å². The maximum atomic E-state index is 11.9. The van der Waals surface area contributed by atoms with Crippen LogP contribution in [0.1, 0.15) is 35.3 Å². The summed E-state index contributed by atoms with van der Waals surface area (Å²) in [6.07, 6.45) is 0.476. The molecule has 2 aromatic carbocycles. The second-order valence-corrected chi connectivity index (χ2v) is 3.95. The summed E-state index contributed by atoms with van der Waals surface area (Å²) in [5.41, 5.74) is 3.03. The topological polar surface area (TPSA) is 17.1 Å². The van der Waals surface area contributed by atoms with Crippen LogP contribution in [0.3, 0.4) is 0 Å². The van der Waals surface area contributed by atoms with Crippen molar-refractivity contribution in [3.63, 3.8) is 0 Å². The summed E-state index contributed by atoms with van der Waals surface area (Å²) in [7, 11) is 0. The normalized spacial score (nSPS) is 9.28. The molecule has 0 atom stereocenters. The molecule has 0 aromatic heterocycles. The highest BCUT2D eigenvalue weighted by molar-refractivity contribution is 5.97. The highest BCUT2D eigenvalue weighted by Crippen LogP contribution is 2.08. The molecule has 0 radical (unpaired) electrons. The summed E-state index contributed by atoms with van der Waals surface area (Å²) >= 11 is 0. The fraction of sp³-hybridized carbons (Fsp3) is 0.235. The van der Waals surface area contributed by atoms with Crippen molar-refractivity contribution >= 4 is 5.78 Å². The maximum Gasteiger partial charge on any atom is 0.167 e. The van der Waals surface area contributed by atoms with Crippen molar-refractivity contribution in [2.24, 2.45) is 0 Å². The maximum absolute atomic E-state index is 11.9. The van der Waals surface area contributed by atoms with Crippen molar-refractivity contribution in [2.45, 2.75) is 27.2 Å². The van der Waals surface area contributed by atoms with Crippen LogP contribution in [-0.4, -0.2) is 5.78 Å². The van der Waals surface area contributed by atoms with Crippen molar-refractivity contribution in [2.75, 3.05) is 0 Å². The Morgan fingerprint density at radius 3 is 2.00 bits per heavy atom. The second kappa shape index (κ2) is 7.44. The van der Waals surface area contributed by atoms with Crippen molar-refractivity contribution in [1.82, 2.24) is 0 Å². The minimum Gasteiger partial charge on any atom is -0.294 e. The van der Waals surface area contributed by atoms with E-state index in [4.69, 9.17) is 0 Å². The van der Waals surface area contributed by atoms with Gasteiger partial charge in [-0.3, -0.25) is 4.79 Å². The number of Topliss-reactive ketones (excluding diaryl/α,β-unsaturated/α-hetero) is 1. The number of ketones is 1. The van der Waals surface area contributed by atoms with E-state index in [1.54, 1.807) is 0 Å². The third-order valence-electron chi connectivity index (χ3n) is 2.58. The number of carbonyl (C=O) groups excluding carboxylic acids is 1. The van der Waals surface area contributed by atoms with Gasteiger partial charge in [0.2, 0.25) is 0 Å². The highest BCUT2D eigenvalue weighted by atomic mass is 16.1. The van der Waals surface area contributed by atoms with Gasteiger partial charge in [0, 0.05) is 12.0 Å². The lowest BCUT2D eigenvalue weighted by Gasteiger charge is -2.01. The Morgan fingerprint density at radius 1 is 0.889 bits per heavy atom. The summed E-state index contributed by atoms with van der Waals surface area (Å²) in [6, 6.07) is 17.5. The van der Waals surface area contributed by atoms with Gasteiger partial charge in [-0.25, -0.2) is 0 Å². The van der Waals surface area contributed by atoms with E-state index in [0.717, 1.165) is 11.1 Å². The lowest BCUT2D eigenvalue weighted by molar-refractivity contribution is 0.0993. The van der Waals surface area contributed by atoms with Gasteiger partial charge in [0.15, 0.2) is 5.78 Å². The first kappa shape index (κ1) is 14.2. The molecule has 0 aliphatic carbocycles. The zero-order valence-corrected chi connectivity index (χ0v) is 11.3. The van der Waals surface area contributed by atoms with Gasteiger partial charge in [-0.15, -0.1) is 0 Å². The Balaban J connectivity index is 0.000000771. The van der Waals surface area contributed by atoms with E-state index in [-0.39, 0.29) is 5.78 Å². The molecular formula is C17H20O. The minimum atomic E-state index is 0.172. The molecule has 0 aliphatic heterocycles. The Labute approximate surface area is 109 Å². The number of hydrogen-bond acceptors (Lipinski definition) is 1. The Morgan fingerprint density at radius 2 is 1.44 bits per heavy atom. The van der Waals surface area contributed by atoms with Crippen LogP contribution in [0.5, 0.6) is 0 Å². The molecule has 0 saturated carbocycles. The Hall–Kier alpha value is -1.89. The summed E-state index contributed by atoms with van der Waals surface area (Å²) < 4.78 is 0. The number of aryl methyl sites for hydroxylation is 1. The van der Waals surface area contributed by atoms with Crippen LogP contribution >= 0.6 is 0 Å². The molecule has 18 heavy (non-hydrogen) atoms. The predicted molar refractivity (Wildman–Crippen MR) is 77.0 cm³/mol. The summed E-state index contributed by atoms with van der Waals surface area (Å²) in [5, 5.41) is 0. The average molecular weight is 240 g/mol. The van der Waals surface area contributed by atoms with Gasteiger partial charge in [-0.1, -0.05) is 74.0 Å². The lowest BCUT2D eigenvalue weighted by atomic mass is 10.0. The van der Waals surface area contributed by atoms with E-state index in [2.05, 4.69) is 0 Å². The quantitative estimate of drug-likeness (QED) is 0.724. The lowest BCUT2D eigenvalue weighted by Crippen LogP contribution is -2.03. The Kier molecular flexibility index (Phi) is 5.86. The van der Waals surface area contributed by atoms with Gasteiger partial charge in [-0.05, 0) is 12.5 Å². The molecule has 0 amide bonds. The van der Waals surface area contributed by atoms with E-state index in [1.807, 2.05) is 75.4 Å². The molecule has 94 valence electrons. The molecule has 0 bridgehead atoms. The second-order valence-electron chi connectivity index (χ2n) is 3.95. The van der Waals surface area contributed by atoms with E-state index in [9.17, 15) is 4.79 Å². The Bertz CT molecular complexity index is 469. The molecule has 1 heteroatoms. The zero-order chi connectivity index (χ0) is 13.4. The summed E-state index contributed by atoms with van der Waals surface area (Å²) in [5.74, 6) is 0.172. The molecule has 0 fully saturated rings. The van der Waals surface area contributed by atoms with Crippen molar-refractivity contribution < 1.29 is 4.79 Å². The SMILES string of the molecule is CC.Cc1ccc(C(=O)Cc2ccccc2)cc1. The first-order valence-electron chi connectivity index (χ1n) is 6.39. The third-order valence-corrected chi connectivity index (χ3v) is 2.58. The zero-order valence-electron chi connectivity index (χ0n) is 11.3. The van der Waals surface area contributed by atoms with Crippen LogP contribution < -0.4 is 0 Å². The van der Waals surface area contributed by atoms with Crippen molar-refractivity contribution in [3.05, 3.63) is 71.3 Å². The standard InChI is InChI=1S/C15H14O.C2H6/c1-12-7-9-14(10-8-12)15(16)11-13-5-3-2-4-6-13;1-2/h2-10H,11H2,1H3;1-2H3. The molecule has 0 N–H and O–H groups in total. The molecule has 0 saturated heterocycles. The first-order chi connectivity index (χ1) is 8.75. The molecule has 0 unspecified atom stereocenters. The van der Waals surface area contributed by atoms with Gasteiger partial charge in [0.25, 0.3) is 0 Å². The number of carbonyl (C=O) groups is 1. The van der Waals surface area contributed by atoms with E-state index >= 15 is 0 Å². The van der Waals surface area contributed by atoms with Crippen molar-refractivity contribution in [1.29, 1.82) is 0 Å². The molecule has 0 aliphatic rings. The molecular weight excluding hydrogens is 220 g/mol. The summed E-state index contributed by atoms with van der Waals surface area (Å²) in [6.45, 7) is 6.02. The average Bonchev–Trinajstić information content (AvgIpc) is 2.43. The van der Waals surface area contributed by atoms with Crippen molar-refractivity contribution in [3.8, 4) is 0 Å². The molecule has 2 aromatic rings. The van der Waals surface area contributed by atoms with Crippen LogP contribution in [-0.2, 0) is 6.42 Å². The molecule has 2 rings (SSSR count). The van der Waals surface area contributed by atoms with Gasteiger partial charge < -0.3 is 0 Å². The van der Waals surface area contributed by atoms with Crippen LogP contribution in [0.4, 0.5) is 0 Å². The monoisotopic (exact) mass is 240 g/mol. The predicted octanol–water partition coefficient (Wildman–Crippen LogP) is 4.45. The smallest absolute Gasteiger partial charge is 0.167 e. The fourth-order valence-electron chi connectivity index (χ4n) is 1.62. The van der Waals surface area contributed by atoms with Crippen LogP contribution in [0.2, 0.25) is 0 Å². The summed E-state index contributed by atoms with van der Waals surface area (Å²) in [4.78, 5) is 11.9. The fourth-order valence-corrected chi connectivity index (χ4v) is 1.62. The minimum absolute atomic E-state index is 0.172. The number of benzene rings is 2. The van der Waals surface area contributed by atoms with E-state index < -0.39 is 0 Å². The first-order valence-corrected chi connectivity index (χ1v) is 6.39. The van der Waals surface area contributed by atoms with Gasteiger partial charge in [-0.2, -0.15) is 0 Å². The van der Waals surface area contributed by atoms with Crippen LogP contribution in [0, 0.1) is 6.92 Å². The third kappa shape index (κ3) is 4.17. The van der Waals surface area contributed by atoms with Gasteiger partial charge >= 0.3 is 0 Å². The van der Waals surface area contributed by atoms with Crippen LogP contribution in [0.15, 0.2) is 54.6 Å². The number of hydrogen-bond donors (Lipinski definition) is 0. The van der Waals surface area contributed by atoms with E-state index in [0.29, 0.717) is 6.42 Å². The van der Waals surface area contributed by atoms with Crippen LogP contribution in [0.25, 0.3) is 0 Å². The molecule has 0 spiro atoms. The molecule has 1 nitrogen and oxygen atoms in total. The molecule has 0 heterocycles. The highest BCUT2D eigenvalue weighted by Gasteiger charge is 2.05. The largest absolute Gasteiger partial charge is 0.294 e.